The lowest BCUT2D eigenvalue weighted by molar-refractivity contribution is 0.192. The molecule has 1 fully saturated rings. The van der Waals surface area contributed by atoms with Gasteiger partial charge in [-0.15, -0.1) is 0 Å². The van der Waals surface area contributed by atoms with Crippen molar-refractivity contribution in [3.05, 3.63) is 59.2 Å². The smallest absolute Gasteiger partial charge is 0.324 e. The van der Waals surface area contributed by atoms with Crippen molar-refractivity contribution in [2.24, 2.45) is 0 Å². The van der Waals surface area contributed by atoms with Gasteiger partial charge in [-0.05, 0) is 55.7 Å². The van der Waals surface area contributed by atoms with Gasteiger partial charge in [-0.1, -0.05) is 12.1 Å². The molecule has 1 heterocycles. The van der Waals surface area contributed by atoms with Gasteiger partial charge in [-0.3, -0.25) is 4.90 Å². The average Bonchev–Trinajstić information content (AvgIpc) is 2.67. The Kier molecular flexibility index (Phi) is 6.31. The number of rotatable bonds is 5. The van der Waals surface area contributed by atoms with Gasteiger partial charge in [0.1, 0.15) is 0 Å². The van der Waals surface area contributed by atoms with E-state index in [-0.39, 0.29) is 18.6 Å². The third-order valence-electron chi connectivity index (χ3n) is 4.70. The van der Waals surface area contributed by atoms with E-state index in [9.17, 15) is 18.4 Å². The number of nitrogens with one attached hydrogen (secondary N) is 2. The molecule has 0 aliphatic carbocycles. The molecule has 6 nitrogen and oxygen atoms in total. The summed E-state index contributed by atoms with van der Waals surface area (Å²) in [4.78, 5) is 28.3. The van der Waals surface area contributed by atoms with Gasteiger partial charge in [0, 0.05) is 26.2 Å². The van der Waals surface area contributed by atoms with Gasteiger partial charge in [0.05, 0.1) is 11.4 Å². The van der Waals surface area contributed by atoms with Crippen LogP contribution in [-0.4, -0.2) is 36.6 Å². The predicted molar refractivity (Wildman–Crippen MR) is 108 cm³/mol. The molecule has 0 atom stereocenters. The van der Waals surface area contributed by atoms with Crippen LogP contribution in [-0.2, 0) is 6.54 Å². The molecule has 8 heteroatoms. The van der Waals surface area contributed by atoms with Crippen LogP contribution >= 0.6 is 0 Å². The molecular formula is C21H24F2N4O2. The highest BCUT2D eigenvalue weighted by Gasteiger charge is 2.28. The van der Waals surface area contributed by atoms with E-state index >= 15 is 0 Å². The van der Waals surface area contributed by atoms with Gasteiger partial charge in [-0.2, -0.15) is 0 Å². The molecule has 0 unspecified atom stereocenters. The highest BCUT2D eigenvalue weighted by molar-refractivity contribution is 6.00. The molecular weight excluding hydrogens is 378 g/mol. The maximum absolute atomic E-state index is 13.5. The van der Waals surface area contributed by atoms with Crippen LogP contribution in [0.25, 0.3) is 0 Å². The first-order chi connectivity index (χ1) is 13.9. The van der Waals surface area contributed by atoms with E-state index in [1.807, 2.05) is 26.0 Å². The zero-order valence-electron chi connectivity index (χ0n) is 16.5. The number of benzene rings is 2. The summed E-state index contributed by atoms with van der Waals surface area (Å²) in [5, 5.41) is 5.47. The molecule has 0 radical (unpaired) electrons. The number of hydrogen-bond acceptors (Lipinski definition) is 2. The van der Waals surface area contributed by atoms with Crippen LogP contribution in [0.4, 0.5) is 29.7 Å². The van der Waals surface area contributed by atoms with Gasteiger partial charge < -0.3 is 15.5 Å². The second-order valence-corrected chi connectivity index (χ2v) is 6.96. The maximum Gasteiger partial charge on any atom is 0.324 e. The van der Waals surface area contributed by atoms with Crippen LogP contribution in [0.1, 0.15) is 24.5 Å². The number of anilines is 2. The summed E-state index contributed by atoms with van der Waals surface area (Å²) in [6.45, 7) is 5.40. The SMILES string of the molecule is CCNC(=O)Nc1cc(C)ccc1N1CCCN(Cc2ccc(F)c(F)c2)C1=O. The molecule has 0 saturated carbocycles. The van der Waals surface area contributed by atoms with Crippen LogP contribution in [0, 0.1) is 18.6 Å². The fraction of sp³-hybridized carbons (Fsp3) is 0.333. The molecule has 2 aromatic rings. The summed E-state index contributed by atoms with van der Waals surface area (Å²) >= 11 is 0. The Morgan fingerprint density at radius 1 is 1.10 bits per heavy atom. The Bertz CT molecular complexity index is 920. The third-order valence-corrected chi connectivity index (χ3v) is 4.70. The normalized spacial score (nSPS) is 14.1. The molecule has 3 rings (SSSR count). The molecule has 0 aromatic heterocycles. The topological polar surface area (TPSA) is 64.7 Å². The van der Waals surface area contributed by atoms with Gasteiger partial charge in [-0.25, -0.2) is 18.4 Å². The number of nitrogens with zero attached hydrogens (tertiary/aromatic N) is 2. The number of halogens is 2. The molecule has 1 aliphatic heterocycles. The Labute approximate surface area is 168 Å². The lowest BCUT2D eigenvalue weighted by atomic mass is 10.1. The molecule has 2 aromatic carbocycles. The van der Waals surface area contributed by atoms with Crippen molar-refractivity contribution in [1.82, 2.24) is 10.2 Å². The largest absolute Gasteiger partial charge is 0.338 e. The van der Waals surface area contributed by atoms with Gasteiger partial charge in [0.2, 0.25) is 0 Å². The van der Waals surface area contributed by atoms with Crippen molar-refractivity contribution in [1.29, 1.82) is 0 Å². The third kappa shape index (κ3) is 4.82. The highest BCUT2D eigenvalue weighted by atomic mass is 19.2. The fourth-order valence-electron chi connectivity index (χ4n) is 3.32. The van der Waals surface area contributed by atoms with Crippen molar-refractivity contribution in [2.75, 3.05) is 29.9 Å². The minimum absolute atomic E-state index is 0.178. The van der Waals surface area contributed by atoms with E-state index in [4.69, 9.17) is 0 Å². The van der Waals surface area contributed by atoms with Crippen LogP contribution in [0.5, 0.6) is 0 Å². The molecule has 2 N–H and O–H groups in total. The Hall–Kier alpha value is -3.16. The van der Waals surface area contributed by atoms with E-state index in [1.165, 1.54) is 6.07 Å². The first-order valence-corrected chi connectivity index (χ1v) is 9.55. The molecule has 0 spiro atoms. The Morgan fingerprint density at radius 3 is 2.62 bits per heavy atom. The molecule has 154 valence electrons. The fourth-order valence-corrected chi connectivity index (χ4v) is 3.32. The van der Waals surface area contributed by atoms with Crippen LogP contribution in [0.2, 0.25) is 0 Å². The first kappa shape index (κ1) is 20.6. The van der Waals surface area contributed by atoms with E-state index in [2.05, 4.69) is 10.6 Å². The van der Waals surface area contributed by atoms with Crippen molar-refractivity contribution >= 4 is 23.4 Å². The number of hydrogen-bond donors (Lipinski definition) is 2. The van der Waals surface area contributed by atoms with Crippen molar-refractivity contribution < 1.29 is 18.4 Å². The minimum Gasteiger partial charge on any atom is -0.338 e. The lowest BCUT2D eigenvalue weighted by Gasteiger charge is -2.36. The van der Waals surface area contributed by atoms with Crippen molar-refractivity contribution in [3.8, 4) is 0 Å². The number of carbonyl (C=O) groups excluding carboxylic acids is 2. The Balaban J connectivity index is 1.82. The van der Waals surface area contributed by atoms with Gasteiger partial charge in [0.15, 0.2) is 11.6 Å². The zero-order chi connectivity index (χ0) is 21.0. The molecule has 1 saturated heterocycles. The molecule has 29 heavy (non-hydrogen) atoms. The predicted octanol–water partition coefficient (Wildman–Crippen LogP) is 4.25. The quantitative estimate of drug-likeness (QED) is 0.785. The van der Waals surface area contributed by atoms with Gasteiger partial charge >= 0.3 is 12.1 Å². The van der Waals surface area contributed by atoms with E-state index < -0.39 is 11.6 Å². The molecule has 0 bridgehead atoms. The highest BCUT2D eigenvalue weighted by Crippen LogP contribution is 2.30. The van der Waals surface area contributed by atoms with Crippen LogP contribution in [0.3, 0.4) is 0 Å². The maximum atomic E-state index is 13.5. The summed E-state index contributed by atoms with van der Waals surface area (Å²) in [6, 6.07) is 8.53. The second-order valence-electron chi connectivity index (χ2n) is 6.96. The second kappa shape index (κ2) is 8.89. The summed E-state index contributed by atoms with van der Waals surface area (Å²) in [5.41, 5.74) is 2.60. The van der Waals surface area contributed by atoms with Crippen molar-refractivity contribution in [2.45, 2.75) is 26.8 Å². The summed E-state index contributed by atoms with van der Waals surface area (Å²) < 4.78 is 26.7. The minimum atomic E-state index is -0.934. The van der Waals surface area contributed by atoms with Crippen LogP contribution in [0.15, 0.2) is 36.4 Å². The van der Waals surface area contributed by atoms with Crippen molar-refractivity contribution in [3.63, 3.8) is 0 Å². The van der Waals surface area contributed by atoms with Gasteiger partial charge in [0.25, 0.3) is 0 Å². The first-order valence-electron chi connectivity index (χ1n) is 9.55. The van der Waals surface area contributed by atoms with Crippen LogP contribution < -0.4 is 15.5 Å². The summed E-state index contributed by atoms with van der Waals surface area (Å²) in [5.74, 6) is -1.85. The molecule has 1 aliphatic rings. The number of amides is 4. The lowest BCUT2D eigenvalue weighted by Crippen LogP contribution is -2.49. The van der Waals surface area contributed by atoms with E-state index in [1.54, 1.807) is 15.9 Å². The Morgan fingerprint density at radius 2 is 1.90 bits per heavy atom. The van der Waals surface area contributed by atoms with E-state index in [0.29, 0.717) is 43.0 Å². The average molecular weight is 402 g/mol. The molecule has 4 amide bonds. The number of carbonyl (C=O) groups is 2. The summed E-state index contributed by atoms with van der Waals surface area (Å²) in [6.07, 6.45) is 0.712. The summed E-state index contributed by atoms with van der Waals surface area (Å²) in [7, 11) is 0. The number of urea groups is 2. The standard InChI is InChI=1S/C21H24F2N4O2/c1-3-24-20(28)25-18-11-14(2)5-8-19(18)27-10-4-9-26(21(27)29)13-15-6-7-16(22)17(23)12-15/h5-8,11-12H,3-4,9-10,13H2,1-2H3,(H2,24,25,28). The number of aryl methyl sites for hydroxylation is 1. The zero-order valence-corrected chi connectivity index (χ0v) is 16.5. The monoisotopic (exact) mass is 402 g/mol. The van der Waals surface area contributed by atoms with E-state index in [0.717, 1.165) is 17.7 Å².